The van der Waals surface area contributed by atoms with Gasteiger partial charge in [0, 0.05) is 13.7 Å². The molecule has 5 nitrogen and oxygen atoms in total. The van der Waals surface area contributed by atoms with Gasteiger partial charge in [-0.3, -0.25) is 0 Å². The van der Waals surface area contributed by atoms with Crippen molar-refractivity contribution in [3.05, 3.63) is 35.7 Å². The highest BCUT2D eigenvalue weighted by Crippen LogP contribution is 2.24. The summed E-state index contributed by atoms with van der Waals surface area (Å²) in [6.45, 7) is 0.875. The quantitative estimate of drug-likeness (QED) is 0.888. The summed E-state index contributed by atoms with van der Waals surface area (Å²) in [4.78, 5) is 0. The van der Waals surface area contributed by atoms with Crippen LogP contribution in [0.15, 0.2) is 18.2 Å². The maximum atomic E-state index is 13.8. The Labute approximate surface area is 109 Å². The van der Waals surface area contributed by atoms with Crippen molar-refractivity contribution in [3.63, 3.8) is 0 Å². The zero-order chi connectivity index (χ0) is 13.8. The molecule has 0 aliphatic heterocycles. The second kappa shape index (κ2) is 5.85. The Morgan fingerprint density at radius 3 is 2.53 bits per heavy atom. The molecule has 1 heterocycles. The van der Waals surface area contributed by atoms with Gasteiger partial charge in [-0.15, -0.1) is 10.2 Å². The van der Waals surface area contributed by atoms with Crippen LogP contribution in [0.4, 0.5) is 8.78 Å². The number of hydrogen-bond acceptors (Lipinski definition) is 4. The average molecular weight is 268 g/mol. The number of nitrogens with two attached hydrogens (primary N) is 1. The number of nitrogens with zero attached hydrogens (tertiary/aromatic N) is 3. The molecule has 102 valence electrons. The third kappa shape index (κ3) is 2.61. The number of hydrogen-bond donors (Lipinski definition) is 1. The van der Waals surface area contributed by atoms with E-state index >= 15 is 0 Å². The van der Waals surface area contributed by atoms with E-state index in [0.29, 0.717) is 19.0 Å². The van der Waals surface area contributed by atoms with Crippen molar-refractivity contribution in [2.75, 3.05) is 13.7 Å². The summed E-state index contributed by atoms with van der Waals surface area (Å²) in [6, 6.07) is 3.65. The third-order valence-corrected chi connectivity index (χ3v) is 2.72. The summed E-state index contributed by atoms with van der Waals surface area (Å²) in [7, 11) is 1.54. The van der Waals surface area contributed by atoms with Crippen molar-refractivity contribution in [2.45, 2.75) is 13.1 Å². The van der Waals surface area contributed by atoms with E-state index in [1.165, 1.54) is 25.3 Å². The number of rotatable bonds is 5. The number of ether oxygens (including phenoxy) is 1. The lowest BCUT2D eigenvalue weighted by atomic mass is 10.2. The van der Waals surface area contributed by atoms with Gasteiger partial charge in [0.05, 0.1) is 18.7 Å². The topological polar surface area (TPSA) is 66.0 Å². The fourth-order valence-electron chi connectivity index (χ4n) is 1.80. The standard InChI is InChI=1S/C12H14F2N4O/c1-19-6-5-18-10(7-15)16-17-12(18)11-8(13)3-2-4-9(11)14/h2-4H,5-7,15H2,1H3. The molecule has 2 aromatic rings. The Kier molecular flexibility index (Phi) is 4.18. The predicted molar refractivity (Wildman–Crippen MR) is 65.1 cm³/mol. The molecule has 2 N–H and O–H groups in total. The maximum absolute atomic E-state index is 13.8. The van der Waals surface area contributed by atoms with Gasteiger partial charge in [-0.2, -0.15) is 0 Å². The molecule has 1 aromatic heterocycles. The Hall–Kier alpha value is -1.86. The lowest BCUT2D eigenvalue weighted by Crippen LogP contribution is -2.13. The largest absolute Gasteiger partial charge is 0.383 e. The fourth-order valence-corrected chi connectivity index (χ4v) is 1.80. The highest BCUT2D eigenvalue weighted by atomic mass is 19.1. The smallest absolute Gasteiger partial charge is 0.170 e. The molecule has 0 amide bonds. The van der Waals surface area contributed by atoms with Crippen molar-refractivity contribution < 1.29 is 13.5 Å². The molecule has 0 unspecified atom stereocenters. The van der Waals surface area contributed by atoms with Gasteiger partial charge >= 0.3 is 0 Å². The van der Waals surface area contributed by atoms with E-state index in [1.54, 1.807) is 4.57 Å². The molecule has 0 saturated carbocycles. The van der Waals surface area contributed by atoms with Crippen LogP contribution in [0.25, 0.3) is 11.4 Å². The first-order valence-electron chi connectivity index (χ1n) is 5.74. The van der Waals surface area contributed by atoms with Crippen LogP contribution in [-0.4, -0.2) is 28.5 Å². The molecule has 19 heavy (non-hydrogen) atoms. The van der Waals surface area contributed by atoms with Crippen molar-refractivity contribution >= 4 is 0 Å². The van der Waals surface area contributed by atoms with E-state index in [0.717, 1.165) is 0 Å². The fraction of sp³-hybridized carbons (Fsp3) is 0.333. The molecule has 0 atom stereocenters. The number of halogens is 2. The summed E-state index contributed by atoms with van der Waals surface area (Å²) in [5.41, 5.74) is 5.34. The Morgan fingerprint density at radius 2 is 1.95 bits per heavy atom. The van der Waals surface area contributed by atoms with Gasteiger partial charge in [0.2, 0.25) is 0 Å². The molecule has 1 aromatic carbocycles. The zero-order valence-corrected chi connectivity index (χ0v) is 10.4. The van der Waals surface area contributed by atoms with Crippen LogP contribution in [0.1, 0.15) is 5.82 Å². The van der Waals surface area contributed by atoms with Crippen molar-refractivity contribution in [3.8, 4) is 11.4 Å². The number of methoxy groups -OCH3 is 1. The van der Waals surface area contributed by atoms with Gasteiger partial charge in [0.15, 0.2) is 5.82 Å². The van der Waals surface area contributed by atoms with Crippen LogP contribution in [0.2, 0.25) is 0 Å². The van der Waals surface area contributed by atoms with Gasteiger partial charge in [-0.1, -0.05) is 6.07 Å². The summed E-state index contributed by atoms with van der Waals surface area (Å²) in [5, 5.41) is 7.67. The SMILES string of the molecule is COCCn1c(CN)nnc1-c1c(F)cccc1F. The van der Waals surface area contributed by atoms with Gasteiger partial charge in [0.1, 0.15) is 17.5 Å². The molecule has 0 radical (unpaired) electrons. The lowest BCUT2D eigenvalue weighted by molar-refractivity contribution is 0.186. The van der Waals surface area contributed by atoms with Crippen LogP contribution >= 0.6 is 0 Å². The van der Waals surface area contributed by atoms with E-state index in [2.05, 4.69) is 10.2 Å². The van der Waals surface area contributed by atoms with Crippen molar-refractivity contribution in [2.24, 2.45) is 5.73 Å². The molecule has 0 bridgehead atoms. The average Bonchev–Trinajstić information content (AvgIpc) is 2.79. The molecule has 2 rings (SSSR count). The Bertz CT molecular complexity index is 551. The summed E-state index contributed by atoms with van der Waals surface area (Å²) in [5.74, 6) is -0.799. The highest BCUT2D eigenvalue weighted by Gasteiger charge is 2.19. The Morgan fingerprint density at radius 1 is 1.26 bits per heavy atom. The lowest BCUT2D eigenvalue weighted by Gasteiger charge is -2.10. The second-order valence-electron chi connectivity index (χ2n) is 3.89. The minimum Gasteiger partial charge on any atom is -0.383 e. The number of benzene rings is 1. The van der Waals surface area contributed by atoms with Crippen molar-refractivity contribution in [1.82, 2.24) is 14.8 Å². The van der Waals surface area contributed by atoms with Crippen LogP contribution in [-0.2, 0) is 17.8 Å². The van der Waals surface area contributed by atoms with Crippen LogP contribution in [0, 0.1) is 11.6 Å². The van der Waals surface area contributed by atoms with Crippen LogP contribution in [0.5, 0.6) is 0 Å². The molecule has 0 fully saturated rings. The van der Waals surface area contributed by atoms with Crippen molar-refractivity contribution in [1.29, 1.82) is 0 Å². The molecular formula is C12H14F2N4O. The van der Waals surface area contributed by atoms with Crippen LogP contribution < -0.4 is 5.73 Å². The highest BCUT2D eigenvalue weighted by molar-refractivity contribution is 5.57. The molecule has 7 heteroatoms. The summed E-state index contributed by atoms with van der Waals surface area (Å²) >= 11 is 0. The maximum Gasteiger partial charge on any atom is 0.170 e. The molecular weight excluding hydrogens is 254 g/mol. The molecule has 0 saturated heterocycles. The minimum absolute atomic E-state index is 0.119. The molecule has 0 spiro atoms. The molecule has 0 aliphatic carbocycles. The monoisotopic (exact) mass is 268 g/mol. The molecule has 0 aliphatic rings. The first kappa shape index (κ1) is 13.6. The van der Waals surface area contributed by atoms with Gasteiger partial charge in [-0.05, 0) is 12.1 Å². The van der Waals surface area contributed by atoms with E-state index in [-0.39, 0.29) is 17.9 Å². The van der Waals surface area contributed by atoms with E-state index in [9.17, 15) is 8.78 Å². The first-order chi connectivity index (χ1) is 9.19. The van der Waals surface area contributed by atoms with Gasteiger partial charge in [-0.25, -0.2) is 8.78 Å². The Balaban J connectivity index is 2.52. The zero-order valence-electron chi connectivity index (χ0n) is 10.4. The summed E-state index contributed by atoms with van der Waals surface area (Å²) in [6.07, 6.45) is 0. The number of aromatic nitrogens is 3. The predicted octanol–water partition coefficient (Wildman–Crippen LogP) is 1.33. The van der Waals surface area contributed by atoms with E-state index in [4.69, 9.17) is 10.5 Å². The normalized spacial score (nSPS) is 10.9. The van der Waals surface area contributed by atoms with Gasteiger partial charge in [0.25, 0.3) is 0 Å². The van der Waals surface area contributed by atoms with Gasteiger partial charge < -0.3 is 15.0 Å². The van der Waals surface area contributed by atoms with E-state index < -0.39 is 11.6 Å². The second-order valence-corrected chi connectivity index (χ2v) is 3.89. The summed E-state index contributed by atoms with van der Waals surface area (Å²) < 4.78 is 34.1. The van der Waals surface area contributed by atoms with E-state index in [1.807, 2.05) is 0 Å². The third-order valence-electron chi connectivity index (χ3n) is 2.72. The minimum atomic E-state index is -0.686. The van der Waals surface area contributed by atoms with Crippen LogP contribution in [0.3, 0.4) is 0 Å². The first-order valence-corrected chi connectivity index (χ1v) is 5.74.